The Labute approximate surface area is 92.3 Å². The number of benzene rings is 2. The van der Waals surface area contributed by atoms with Gasteiger partial charge in [0.05, 0.1) is 0 Å². The maximum absolute atomic E-state index is 3.82. The molecular formula is C15H18. The SMILES string of the molecule is C=Cc1cccc2cccc(C)c12.CC. The third-order valence-corrected chi connectivity index (χ3v) is 2.37. The molecular weight excluding hydrogens is 180 g/mol. The molecule has 2 aromatic rings. The Morgan fingerprint density at radius 2 is 1.60 bits per heavy atom. The monoisotopic (exact) mass is 198 g/mol. The van der Waals surface area contributed by atoms with E-state index in [-0.39, 0.29) is 0 Å². The highest BCUT2D eigenvalue weighted by Gasteiger charge is 1.99. The number of aryl methyl sites for hydroxylation is 1. The summed E-state index contributed by atoms with van der Waals surface area (Å²) in [6.07, 6.45) is 1.91. The van der Waals surface area contributed by atoms with Crippen LogP contribution in [0.25, 0.3) is 16.8 Å². The van der Waals surface area contributed by atoms with Gasteiger partial charge in [0.2, 0.25) is 0 Å². The Balaban J connectivity index is 0.000000531. The molecule has 0 aliphatic carbocycles. The van der Waals surface area contributed by atoms with E-state index in [9.17, 15) is 0 Å². The fraction of sp³-hybridized carbons (Fsp3) is 0.200. The van der Waals surface area contributed by atoms with Gasteiger partial charge in [-0.2, -0.15) is 0 Å². The highest BCUT2D eigenvalue weighted by atomic mass is 14.0. The van der Waals surface area contributed by atoms with Crippen molar-refractivity contribution in [1.82, 2.24) is 0 Å². The lowest BCUT2D eigenvalue weighted by molar-refractivity contribution is 1.50. The van der Waals surface area contributed by atoms with E-state index >= 15 is 0 Å². The molecule has 0 bridgehead atoms. The largest absolute Gasteiger partial charge is 0.0984 e. The summed E-state index contributed by atoms with van der Waals surface area (Å²) >= 11 is 0. The Hall–Kier alpha value is -1.56. The van der Waals surface area contributed by atoms with Gasteiger partial charge in [0.1, 0.15) is 0 Å². The van der Waals surface area contributed by atoms with E-state index in [4.69, 9.17) is 0 Å². The molecule has 0 atom stereocenters. The molecule has 0 heteroatoms. The van der Waals surface area contributed by atoms with Crippen LogP contribution in [-0.2, 0) is 0 Å². The third kappa shape index (κ3) is 2.27. The second kappa shape index (κ2) is 5.35. The molecule has 0 unspecified atom stereocenters. The van der Waals surface area contributed by atoms with Crippen molar-refractivity contribution in [3.8, 4) is 0 Å². The predicted octanol–water partition coefficient (Wildman–Crippen LogP) is 4.82. The van der Waals surface area contributed by atoms with E-state index in [0.717, 1.165) is 0 Å². The first-order valence-corrected chi connectivity index (χ1v) is 5.43. The predicted molar refractivity (Wildman–Crippen MR) is 70.1 cm³/mol. The van der Waals surface area contributed by atoms with Crippen LogP contribution in [0.1, 0.15) is 25.0 Å². The maximum Gasteiger partial charge on any atom is -0.00824 e. The van der Waals surface area contributed by atoms with Crippen molar-refractivity contribution in [2.24, 2.45) is 0 Å². The fourth-order valence-corrected chi connectivity index (χ4v) is 1.73. The molecule has 0 saturated heterocycles. The summed E-state index contributed by atoms with van der Waals surface area (Å²) in [5, 5.41) is 2.61. The van der Waals surface area contributed by atoms with E-state index in [1.54, 1.807) is 0 Å². The Morgan fingerprint density at radius 3 is 2.20 bits per heavy atom. The van der Waals surface area contributed by atoms with Crippen LogP contribution in [0.4, 0.5) is 0 Å². The van der Waals surface area contributed by atoms with Crippen molar-refractivity contribution in [3.05, 3.63) is 54.1 Å². The van der Waals surface area contributed by atoms with Crippen LogP contribution in [0.3, 0.4) is 0 Å². The zero-order chi connectivity index (χ0) is 11.3. The standard InChI is InChI=1S/C13H12.C2H6/c1-3-11-7-5-9-12-8-4-6-10(2)13(11)12;1-2/h3-9H,1H2,2H3;1-2H3. The quantitative estimate of drug-likeness (QED) is 0.616. The van der Waals surface area contributed by atoms with E-state index in [2.05, 4.69) is 49.9 Å². The summed E-state index contributed by atoms with van der Waals surface area (Å²) in [5.41, 5.74) is 2.53. The zero-order valence-corrected chi connectivity index (χ0v) is 9.75. The lowest BCUT2D eigenvalue weighted by Gasteiger charge is -2.04. The number of rotatable bonds is 1. The summed E-state index contributed by atoms with van der Waals surface area (Å²) in [7, 11) is 0. The van der Waals surface area contributed by atoms with Crippen LogP contribution < -0.4 is 0 Å². The van der Waals surface area contributed by atoms with Crippen molar-refractivity contribution in [3.63, 3.8) is 0 Å². The van der Waals surface area contributed by atoms with Crippen LogP contribution in [-0.4, -0.2) is 0 Å². The lowest BCUT2D eigenvalue weighted by Crippen LogP contribution is -1.81. The Morgan fingerprint density at radius 1 is 1.00 bits per heavy atom. The molecule has 0 fully saturated rings. The molecule has 0 N–H and O–H groups in total. The average Bonchev–Trinajstić information content (AvgIpc) is 2.31. The first kappa shape index (κ1) is 11.5. The minimum Gasteiger partial charge on any atom is -0.0984 e. The molecule has 78 valence electrons. The van der Waals surface area contributed by atoms with Crippen molar-refractivity contribution in [2.45, 2.75) is 20.8 Å². The van der Waals surface area contributed by atoms with E-state index < -0.39 is 0 Å². The van der Waals surface area contributed by atoms with Crippen molar-refractivity contribution < 1.29 is 0 Å². The van der Waals surface area contributed by atoms with Crippen LogP contribution in [0.5, 0.6) is 0 Å². The summed E-state index contributed by atoms with van der Waals surface area (Å²) in [5.74, 6) is 0. The molecule has 0 aromatic heterocycles. The molecule has 0 radical (unpaired) electrons. The highest BCUT2D eigenvalue weighted by Crippen LogP contribution is 2.22. The number of hydrogen-bond donors (Lipinski definition) is 0. The average molecular weight is 198 g/mol. The van der Waals surface area contributed by atoms with E-state index in [1.807, 2.05) is 19.9 Å². The van der Waals surface area contributed by atoms with Crippen LogP contribution in [0, 0.1) is 6.92 Å². The molecule has 2 aromatic carbocycles. The lowest BCUT2D eigenvalue weighted by atomic mass is 10.0. The minimum absolute atomic E-state index is 1.22. The van der Waals surface area contributed by atoms with E-state index in [1.165, 1.54) is 21.9 Å². The molecule has 15 heavy (non-hydrogen) atoms. The summed E-state index contributed by atoms with van der Waals surface area (Å²) in [6.45, 7) is 9.96. The van der Waals surface area contributed by atoms with Crippen LogP contribution in [0.15, 0.2) is 43.0 Å². The molecule has 2 rings (SSSR count). The summed E-state index contributed by atoms with van der Waals surface area (Å²) < 4.78 is 0. The summed E-state index contributed by atoms with van der Waals surface area (Å²) in [6, 6.07) is 12.7. The van der Waals surface area contributed by atoms with Gasteiger partial charge in [0.25, 0.3) is 0 Å². The van der Waals surface area contributed by atoms with Gasteiger partial charge < -0.3 is 0 Å². The van der Waals surface area contributed by atoms with Crippen molar-refractivity contribution in [1.29, 1.82) is 0 Å². The molecule has 0 spiro atoms. The van der Waals surface area contributed by atoms with Gasteiger partial charge in [-0.15, -0.1) is 0 Å². The fourth-order valence-electron chi connectivity index (χ4n) is 1.73. The highest BCUT2D eigenvalue weighted by molar-refractivity contribution is 5.92. The molecule has 0 aliphatic heterocycles. The number of fused-ring (bicyclic) bond motifs is 1. The molecule has 0 heterocycles. The maximum atomic E-state index is 3.82. The van der Waals surface area contributed by atoms with Crippen LogP contribution >= 0.6 is 0 Å². The van der Waals surface area contributed by atoms with Gasteiger partial charge in [0.15, 0.2) is 0 Å². The first-order chi connectivity index (χ1) is 7.33. The Bertz CT molecular complexity index is 447. The third-order valence-electron chi connectivity index (χ3n) is 2.37. The summed E-state index contributed by atoms with van der Waals surface area (Å²) in [4.78, 5) is 0. The van der Waals surface area contributed by atoms with Gasteiger partial charge >= 0.3 is 0 Å². The normalized spacial score (nSPS) is 9.27. The van der Waals surface area contributed by atoms with Gasteiger partial charge in [-0.3, -0.25) is 0 Å². The van der Waals surface area contributed by atoms with Crippen LogP contribution in [0.2, 0.25) is 0 Å². The molecule has 0 saturated carbocycles. The van der Waals surface area contributed by atoms with Gasteiger partial charge in [-0.1, -0.05) is 62.9 Å². The molecule has 0 aliphatic rings. The topological polar surface area (TPSA) is 0 Å². The smallest absolute Gasteiger partial charge is 0.00824 e. The molecule has 0 nitrogen and oxygen atoms in total. The van der Waals surface area contributed by atoms with Crippen molar-refractivity contribution >= 4 is 16.8 Å². The Kier molecular flexibility index (Phi) is 4.11. The second-order valence-electron chi connectivity index (χ2n) is 3.22. The van der Waals surface area contributed by atoms with E-state index in [0.29, 0.717) is 0 Å². The van der Waals surface area contributed by atoms with Gasteiger partial charge in [-0.05, 0) is 28.8 Å². The van der Waals surface area contributed by atoms with Gasteiger partial charge in [-0.25, -0.2) is 0 Å². The minimum atomic E-state index is 1.22. The second-order valence-corrected chi connectivity index (χ2v) is 3.22. The van der Waals surface area contributed by atoms with Crippen molar-refractivity contribution in [2.75, 3.05) is 0 Å². The van der Waals surface area contributed by atoms with Gasteiger partial charge in [0, 0.05) is 0 Å². The molecule has 0 amide bonds. The number of hydrogen-bond acceptors (Lipinski definition) is 0. The zero-order valence-electron chi connectivity index (χ0n) is 9.75. The first-order valence-electron chi connectivity index (χ1n) is 5.43.